The summed E-state index contributed by atoms with van der Waals surface area (Å²) in [7, 11) is 0. The van der Waals surface area contributed by atoms with Crippen LogP contribution in [0.1, 0.15) is 5.56 Å². The lowest BCUT2D eigenvalue weighted by Crippen LogP contribution is -2.28. The number of benzene rings is 1. The van der Waals surface area contributed by atoms with Gasteiger partial charge in [-0.1, -0.05) is 23.7 Å². The first-order valence-corrected chi connectivity index (χ1v) is 5.22. The van der Waals surface area contributed by atoms with E-state index in [0.717, 1.165) is 10.2 Å². The summed E-state index contributed by atoms with van der Waals surface area (Å²) in [5.74, 6) is 5.52. The summed E-state index contributed by atoms with van der Waals surface area (Å²) in [6.45, 7) is 0. The summed E-state index contributed by atoms with van der Waals surface area (Å²) in [5.41, 5.74) is 1.74. The van der Waals surface area contributed by atoms with E-state index in [4.69, 9.17) is 28.1 Å². The summed E-state index contributed by atoms with van der Waals surface area (Å²) >= 11 is 5.80. The molecule has 1 aromatic heterocycles. The highest BCUT2D eigenvalue weighted by Gasteiger charge is 2.08. The standard InChI is InChI=1S/C12H9ClN4/c13-9-3-1-8(2-4-9)10-5-6-17(16)12(15)11(10)7-14/h1-6,15H,16H2. The zero-order valence-corrected chi connectivity index (χ0v) is 9.57. The second kappa shape index (κ2) is 4.32. The third-order valence-corrected chi connectivity index (χ3v) is 2.69. The van der Waals surface area contributed by atoms with Crippen molar-refractivity contribution in [3.63, 3.8) is 0 Å². The number of halogens is 1. The highest BCUT2D eigenvalue weighted by molar-refractivity contribution is 6.30. The Labute approximate surface area is 103 Å². The Balaban J connectivity index is 2.69. The molecule has 17 heavy (non-hydrogen) atoms. The molecule has 1 heterocycles. The highest BCUT2D eigenvalue weighted by atomic mass is 35.5. The van der Waals surface area contributed by atoms with Gasteiger partial charge in [0.05, 0.1) is 0 Å². The summed E-state index contributed by atoms with van der Waals surface area (Å²) < 4.78 is 1.11. The normalized spacial score (nSPS) is 9.88. The molecule has 0 radical (unpaired) electrons. The highest BCUT2D eigenvalue weighted by Crippen LogP contribution is 2.22. The van der Waals surface area contributed by atoms with Crippen molar-refractivity contribution in [2.75, 3.05) is 5.84 Å². The van der Waals surface area contributed by atoms with Gasteiger partial charge in [0, 0.05) is 16.8 Å². The van der Waals surface area contributed by atoms with Crippen molar-refractivity contribution < 1.29 is 0 Å². The average molecular weight is 245 g/mol. The molecule has 0 amide bonds. The van der Waals surface area contributed by atoms with E-state index < -0.39 is 0 Å². The van der Waals surface area contributed by atoms with Gasteiger partial charge in [-0.25, -0.2) is 0 Å². The quantitative estimate of drug-likeness (QED) is 0.751. The molecule has 0 fully saturated rings. The van der Waals surface area contributed by atoms with Gasteiger partial charge in [0.15, 0.2) is 5.49 Å². The van der Waals surface area contributed by atoms with Crippen LogP contribution < -0.4 is 11.3 Å². The molecule has 0 saturated carbocycles. The Morgan fingerprint density at radius 3 is 2.47 bits per heavy atom. The van der Waals surface area contributed by atoms with Crippen LogP contribution in [-0.4, -0.2) is 4.68 Å². The zero-order valence-electron chi connectivity index (χ0n) is 8.81. The van der Waals surface area contributed by atoms with Crippen molar-refractivity contribution in [3.8, 4) is 17.2 Å². The van der Waals surface area contributed by atoms with E-state index in [1.807, 2.05) is 6.07 Å². The number of hydrogen-bond acceptors (Lipinski definition) is 3. The van der Waals surface area contributed by atoms with Gasteiger partial charge in [-0.15, -0.1) is 0 Å². The third-order valence-electron chi connectivity index (χ3n) is 2.43. The van der Waals surface area contributed by atoms with E-state index in [2.05, 4.69) is 0 Å². The SMILES string of the molecule is N#Cc1c(-c2ccc(Cl)cc2)ccn(N)c1=N. The molecule has 5 heteroatoms. The molecule has 2 rings (SSSR count). The van der Waals surface area contributed by atoms with Crippen LogP contribution in [0, 0.1) is 16.7 Å². The smallest absolute Gasteiger partial charge is 0.162 e. The molecule has 0 aliphatic heterocycles. The van der Waals surface area contributed by atoms with Crippen LogP contribution in [0.4, 0.5) is 0 Å². The van der Waals surface area contributed by atoms with E-state index in [1.54, 1.807) is 36.5 Å². The maximum absolute atomic E-state index is 9.07. The van der Waals surface area contributed by atoms with Crippen LogP contribution in [0.2, 0.25) is 5.02 Å². The molecular formula is C12H9ClN4. The number of aromatic nitrogens is 1. The molecule has 3 N–H and O–H groups in total. The van der Waals surface area contributed by atoms with Crippen molar-refractivity contribution in [1.29, 1.82) is 10.7 Å². The first kappa shape index (κ1) is 11.2. The monoisotopic (exact) mass is 244 g/mol. The van der Waals surface area contributed by atoms with Crippen LogP contribution in [0.5, 0.6) is 0 Å². The van der Waals surface area contributed by atoms with Gasteiger partial charge >= 0.3 is 0 Å². The first-order chi connectivity index (χ1) is 8.13. The predicted molar refractivity (Wildman–Crippen MR) is 65.6 cm³/mol. The van der Waals surface area contributed by atoms with E-state index >= 15 is 0 Å². The number of hydrogen-bond donors (Lipinski definition) is 2. The molecular weight excluding hydrogens is 236 g/mol. The Hall–Kier alpha value is -2.25. The molecule has 0 aliphatic rings. The summed E-state index contributed by atoms with van der Waals surface area (Å²) in [5, 5.41) is 17.4. The van der Waals surface area contributed by atoms with Crippen LogP contribution in [-0.2, 0) is 0 Å². The van der Waals surface area contributed by atoms with E-state index in [0.29, 0.717) is 10.6 Å². The minimum Gasteiger partial charge on any atom is -0.338 e. The summed E-state index contributed by atoms with van der Waals surface area (Å²) in [4.78, 5) is 0. The van der Waals surface area contributed by atoms with Crippen molar-refractivity contribution in [2.24, 2.45) is 0 Å². The summed E-state index contributed by atoms with van der Waals surface area (Å²) in [6.07, 6.45) is 1.55. The van der Waals surface area contributed by atoms with Crippen LogP contribution in [0.25, 0.3) is 11.1 Å². The number of nitriles is 1. The lowest BCUT2D eigenvalue weighted by atomic mass is 10.0. The Kier molecular flexibility index (Phi) is 2.86. The topological polar surface area (TPSA) is 78.6 Å². The van der Waals surface area contributed by atoms with Gasteiger partial charge in [-0.05, 0) is 23.8 Å². The lowest BCUT2D eigenvalue weighted by molar-refractivity contribution is 0.875. The van der Waals surface area contributed by atoms with Gasteiger partial charge in [0.1, 0.15) is 11.6 Å². The van der Waals surface area contributed by atoms with E-state index in [1.165, 1.54) is 0 Å². The Morgan fingerprint density at radius 2 is 1.88 bits per heavy atom. The zero-order chi connectivity index (χ0) is 12.4. The largest absolute Gasteiger partial charge is 0.338 e. The minimum absolute atomic E-state index is 0.0139. The molecule has 0 spiro atoms. The second-order valence-electron chi connectivity index (χ2n) is 3.48. The Morgan fingerprint density at radius 1 is 1.24 bits per heavy atom. The molecule has 0 bridgehead atoms. The van der Waals surface area contributed by atoms with Gasteiger partial charge in [-0.2, -0.15) is 5.26 Å². The number of nitrogens with zero attached hydrogens (tertiary/aromatic N) is 2. The van der Waals surface area contributed by atoms with Gasteiger partial charge in [0.25, 0.3) is 0 Å². The van der Waals surface area contributed by atoms with Crippen LogP contribution in [0.3, 0.4) is 0 Å². The van der Waals surface area contributed by atoms with E-state index in [9.17, 15) is 0 Å². The number of nitrogen functional groups attached to an aromatic ring is 1. The first-order valence-electron chi connectivity index (χ1n) is 4.85. The fourth-order valence-electron chi connectivity index (χ4n) is 1.55. The minimum atomic E-state index is -0.0139. The number of pyridine rings is 1. The maximum Gasteiger partial charge on any atom is 0.162 e. The molecule has 2 aromatic rings. The molecule has 84 valence electrons. The predicted octanol–water partition coefficient (Wildman–Crippen LogP) is 1.87. The van der Waals surface area contributed by atoms with Crippen molar-refractivity contribution in [3.05, 3.63) is 52.6 Å². The van der Waals surface area contributed by atoms with Gasteiger partial charge in [-0.3, -0.25) is 10.1 Å². The van der Waals surface area contributed by atoms with Gasteiger partial charge < -0.3 is 5.84 Å². The van der Waals surface area contributed by atoms with Crippen molar-refractivity contribution in [2.45, 2.75) is 0 Å². The van der Waals surface area contributed by atoms with Crippen molar-refractivity contribution in [1.82, 2.24) is 4.68 Å². The molecule has 0 aliphatic carbocycles. The molecule has 0 unspecified atom stereocenters. The van der Waals surface area contributed by atoms with Crippen LogP contribution in [0.15, 0.2) is 36.5 Å². The van der Waals surface area contributed by atoms with Crippen molar-refractivity contribution >= 4 is 11.6 Å². The fourth-order valence-corrected chi connectivity index (χ4v) is 1.68. The number of nitrogens with one attached hydrogen (secondary N) is 1. The number of rotatable bonds is 1. The Bertz CT molecular complexity index is 650. The molecule has 1 aromatic carbocycles. The maximum atomic E-state index is 9.07. The number of nitrogens with two attached hydrogens (primary N) is 1. The molecule has 0 saturated heterocycles. The lowest BCUT2D eigenvalue weighted by Gasteiger charge is -2.07. The average Bonchev–Trinajstić information content (AvgIpc) is 2.34. The fraction of sp³-hybridized carbons (Fsp3) is 0. The summed E-state index contributed by atoms with van der Waals surface area (Å²) in [6, 6.07) is 10.8. The van der Waals surface area contributed by atoms with E-state index in [-0.39, 0.29) is 11.1 Å². The second-order valence-corrected chi connectivity index (χ2v) is 3.92. The van der Waals surface area contributed by atoms with Gasteiger partial charge in [0.2, 0.25) is 0 Å². The third kappa shape index (κ3) is 2.01. The molecule has 4 nitrogen and oxygen atoms in total. The van der Waals surface area contributed by atoms with Crippen LogP contribution >= 0.6 is 11.6 Å². The molecule has 0 atom stereocenters.